The molecule has 0 radical (unpaired) electrons. The van der Waals surface area contributed by atoms with Crippen molar-refractivity contribution in [3.63, 3.8) is 0 Å². The minimum atomic E-state index is -0.517. The molecule has 0 spiro atoms. The first-order valence-corrected chi connectivity index (χ1v) is 6.68. The number of amides is 2. The first-order chi connectivity index (χ1) is 8.95. The van der Waals surface area contributed by atoms with Crippen LogP contribution in [-0.4, -0.2) is 48.4 Å². The van der Waals surface area contributed by atoms with E-state index in [4.69, 9.17) is 4.74 Å². The van der Waals surface area contributed by atoms with Crippen molar-refractivity contribution < 1.29 is 19.1 Å². The summed E-state index contributed by atoms with van der Waals surface area (Å²) < 4.78 is 4.98. The Bertz CT molecular complexity index is 349. The predicted octanol–water partition coefficient (Wildman–Crippen LogP) is 0.313. The molecular weight excluding hydrogens is 248 g/mol. The van der Waals surface area contributed by atoms with Crippen LogP contribution in [0.1, 0.15) is 33.6 Å². The van der Waals surface area contributed by atoms with Gasteiger partial charge in [-0.15, -0.1) is 0 Å². The van der Waals surface area contributed by atoms with E-state index in [-0.39, 0.29) is 23.7 Å². The van der Waals surface area contributed by atoms with Gasteiger partial charge in [0, 0.05) is 20.0 Å². The van der Waals surface area contributed by atoms with Gasteiger partial charge < -0.3 is 15.0 Å². The Labute approximate surface area is 113 Å². The zero-order chi connectivity index (χ0) is 14.4. The molecule has 0 bridgehead atoms. The maximum atomic E-state index is 12.0. The number of likely N-dealkylation sites (tertiary alicyclic amines) is 1. The second kappa shape index (κ2) is 7.11. The molecule has 1 N–H and O–H groups in total. The summed E-state index contributed by atoms with van der Waals surface area (Å²) in [6.45, 7) is 6.29. The fourth-order valence-corrected chi connectivity index (χ4v) is 2.24. The average Bonchev–Trinajstić information content (AvgIpc) is 2.37. The molecule has 1 aliphatic rings. The number of hydrogen-bond donors (Lipinski definition) is 1. The van der Waals surface area contributed by atoms with Crippen LogP contribution in [0.3, 0.4) is 0 Å². The molecule has 2 amide bonds. The highest BCUT2D eigenvalue weighted by molar-refractivity contribution is 5.86. The first-order valence-electron chi connectivity index (χ1n) is 6.68. The Morgan fingerprint density at radius 3 is 2.37 bits per heavy atom. The van der Waals surface area contributed by atoms with Crippen molar-refractivity contribution >= 4 is 17.8 Å². The van der Waals surface area contributed by atoms with Crippen molar-refractivity contribution in [2.45, 2.75) is 39.7 Å². The lowest BCUT2D eigenvalue weighted by Gasteiger charge is -2.32. The van der Waals surface area contributed by atoms with Crippen LogP contribution in [0.2, 0.25) is 0 Å². The number of hydrogen-bond acceptors (Lipinski definition) is 4. The van der Waals surface area contributed by atoms with E-state index >= 15 is 0 Å². The third-order valence-corrected chi connectivity index (χ3v) is 3.22. The van der Waals surface area contributed by atoms with Gasteiger partial charge in [0.15, 0.2) is 0 Å². The van der Waals surface area contributed by atoms with Crippen LogP contribution in [0.5, 0.6) is 0 Å². The molecular formula is C13H22N2O4. The summed E-state index contributed by atoms with van der Waals surface area (Å²) in [5, 5.41) is 2.57. The number of esters is 1. The summed E-state index contributed by atoms with van der Waals surface area (Å²) in [5.41, 5.74) is 0. The largest absolute Gasteiger partial charge is 0.466 e. The number of ether oxygens (including phenoxy) is 1. The Balaban J connectivity index is 2.43. The summed E-state index contributed by atoms with van der Waals surface area (Å²) in [6.07, 6.45) is 1.24. The summed E-state index contributed by atoms with van der Waals surface area (Å²) in [7, 11) is 0. The predicted molar refractivity (Wildman–Crippen MR) is 69.2 cm³/mol. The second-order valence-electron chi connectivity index (χ2n) is 4.77. The third kappa shape index (κ3) is 4.54. The first kappa shape index (κ1) is 15.5. The molecule has 1 unspecified atom stereocenters. The van der Waals surface area contributed by atoms with Gasteiger partial charge in [0.05, 0.1) is 12.5 Å². The molecule has 1 saturated heterocycles. The molecule has 0 aromatic rings. The fraction of sp³-hybridized carbons (Fsp3) is 0.769. The maximum Gasteiger partial charge on any atom is 0.309 e. The zero-order valence-electron chi connectivity index (χ0n) is 11.8. The van der Waals surface area contributed by atoms with Crippen LogP contribution in [0.4, 0.5) is 0 Å². The van der Waals surface area contributed by atoms with Gasteiger partial charge in [-0.3, -0.25) is 14.4 Å². The number of carbonyl (C=O) groups is 3. The van der Waals surface area contributed by atoms with E-state index < -0.39 is 6.04 Å². The summed E-state index contributed by atoms with van der Waals surface area (Å²) in [6, 6.07) is -0.517. The smallest absolute Gasteiger partial charge is 0.309 e. The van der Waals surface area contributed by atoms with Crippen molar-refractivity contribution in [3.8, 4) is 0 Å². The molecule has 6 heteroatoms. The fourth-order valence-electron chi connectivity index (χ4n) is 2.24. The minimum Gasteiger partial charge on any atom is -0.466 e. The normalized spacial score (nSPS) is 17.7. The van der Waals surface area contributed by atoms with Crippen molar-refractivity contribution in [2.75, 3.05) is 19.7 Å². The van der Waals surface area contributed by atoms with Crippen molar-refractivity contribution in [3.05, 3.63) is 0 Å². The van der Waals surface area contributed by atoms with Gasteiger partial charge in [0.2, 0.25) is 11.8 Å². The number of nitrogens with zero attached hydrogens (tertiary/aromatic N) is 1. The average molecular weight is 270 g/mol. The van der Waals surface area contributed by atoms with E-state index in [9.17, 15) is 14.4 Å². The van der Waals surface area contributed by atoms with Crippen LogP contribution in [-0.2, 0) is 19.1 Å². The lowest BCUT2D eigenvalue weighted by atomic mass is 9.96. The van der Waals surface area contributed by atoms with Gasteiger partial charge >= 0.3 is 5.97 Å². The van der Waals surface area contributed by atoms with Crippen molar-refractivity contribution in [1.82, 2.24) is 10.2 Å². The van der Waals surface area contributed by atoms with Gasteiger partial charge in [-0.1, -0.05) is 0 Å². The van der Waals surface area contributed by atoms with Crippen molar-refractivity contribution in [1.29, 1.82) is 0 Å². The molecule has 1 heterocycles. The van der Waals surface area contributed by atoms with Gasteiger partial charge in [0.25, 0.3) is 0 Å². The molecule has 19 heavy (non-hydrogen) atoms. The number of piperidine rings is 1. The molecule has 0 aromatic heterocycles. The number of carbonyl (C=O) groups excluding carboxylic acids is 3. The van der Waals surface area contributed by atoms with E-state index in [1.54, 1.807) is 18.7 Å². The van der Waals surface area contributed by atoms with E-state index in [1.807, 2.05) is 0 Å². The van der Waals surface area contributed by atoms with Gasteiger partial charge in [0.1, 0.15) is 6.04 Å². The minimum absolute atomic E-state index is 0.0995. The molecule has 1 fully saturated rings. The van der Waals surface area contributed by atoms with Crippen LogP contribution in [0.15, 0.2) is 0 Å². The SMILES string of the molecule is CCOC(=O)C1CCN(C(=O)C(C)NC(C)=O)CC1. The standard InChI is InChI=1S/C13H22N2O4/c1-4-19-13(18)11-5-7-15(8-6-11)12(17)9(2)14-10(3)16/h9,11H,4-8H2,1-3H3,(H,14,16). The summed E-state index contributed by atoms with van der Waals surface area (Å²) in [4.78, 5) is 36.2. The summed E-state index contributed by atoms with van der Waals surface area (Å²) in [5.74, 6) is -0.607. The highest BCUT2D eigenvalue weighted by Crippen LogP contribution is 2.19. The van der Waals surface area contributed by atoms with Gasteiger partial charge in [-0.25, -0.2) is 0 Å². The van der Waals surface area contributed by atoms with E-state index in [2.05, 4.69) is 5.32 Å². The van der Waals surface area contributed by atoms with E-state index in [0.717, 1.165) is 0 Å². The van der Waals surface area contributed by atoms with Crippen LogP contribution >= 0.6 is 0 Å². The highest BCUT2D eigenvalue weighted by atomic mass is 16.5. The third-order valence-electron chi connectivity index (χ3n) is 3.22. The Morgan fingerprint density at radius 1 is 1.32 bits per heavy atom. The number of rotatable bonds is 4. The molecule has 108 valence electrons. The molecule has 0 aromatic carbocycles. The van der Waals surface area contributed by atoms with E-state index in [1.165, 1.54) is 6.92 Å². The zero-order valence-corrected chi connectivity index (χ0v) is 11.8. The number of nitrogens with one attached hydrogen (secondary N) is 1. The van der Waals surface area contributed by atoms with Crippen LogP contribution in [0.25, 0.3) is 0 Å². The Kier molecular flexibility index (Phi) is 5.79. The molecule has 6 nitrogen and oxygen atoms in total. The van der Waals surface area contributed by atoms with Gasteiger partial charge in [-0.05, 0) is 26.7 Å². The van der Waals surface area contributed by atoms with Crippen LogP contribution in [0, 0.1) is 5.92 Å². The quantitative estimate of drug-likeness (QED) is 0.746. The second-order valence-corrected chi connectivity index (χ2v) is 4.77. The Hall–Kier alpha value is -1.59. The topological polar surface area (TPSA) is 75.7 Å². The van der Waals surface area contributed by atoms with Crippen molar-refractivity contribution in [2.24, 2.45) is 5.92 Å². The molecule has 0 saturated carbocycles. The monoisotopic (exact) mass is 270 g/mol. The molecule has 1 aliphatic heterocycles. The molecule has 1 atom stereocenters. The Morgan fingerprint density at radius 2 is 1.89 bits per heavy atom. The maximum absolute atomic E-state index is 12.0. The molecule has 1 rings (SSSR count). The summed E-state index contributed by atoms with van der Waals surface area (Å²) >= 11 is 0. The van der Waals surface area contributed by atoms with E-state index in [0.29, 0.717) is 32.5 Å². The lowest BCUT2D eigenvalue weighted by molar-refractivity contribution is -0.151. The lowest BCUT2D eigenvalue weighted by Crippen LogP contribution is -2.49. The highest BCUT2D eigenvalue weighted by Gasteiger charge is 2.30. The van der Waals surface area contributed by atoms with Gasteiger partial charge in [-0.2, -0.15) is 0 Å². The molecule has 0 aliphatic carbocycles. The van der Waals surface area contributed by atoms with Crippen LogP contribution < -0.4 is 5.32 Å².